The molecule has 104 valence electrons. The Kier molecular flexibility index (Phi) is 5.08. The number of rotatable bonds is 7. The fourth-order valence-electron chi connectivity index (χ4n) is 1.67. The van der Waals surface area contributed by atoms with Crippen molar-refractivity contribution in [2.24, 2.45) is 5.73 Å². The largest absolute Gasteiger partial charge is 0.490 e. The summed E-state index contributed by atoms with van der Waals surface area (Å²) in [7, 11) is 0. The fraction of sp³-hybridized carbons (Fsp3) is 0.200. The van der Waals surface area contributed by atoms with Crippen LogP contribution in [0.4, 0.5) is 0 Å². The maximum atomic E-state index is 11.2. The van der Waals surface area contributed by atoms with Gasteiger partial charge in [-0.25, -0.2) is 0 Å². The standard InChI is InChI=1S/C15H16N2O3/c16-15(18)13-10-17-7-6-14(13)20-9-8-19-11-12-4-2-1-3-5-12/h1-7,10H,8-9,11H2,(H2,16,18). The summed E-state index contributed by atoms with van der Waals surface area (Å²) in [6.45, 7) is 1.30. The molecule has 2 rings (SSSR count). The van der Waals surface area contributed by atoms with Crippen LogP contribution < -0.4 is 10.5 Å². The number of ether oxygens (including phenoxy) is 2. The van der Waals surface area contributed by atoms with Gasteiger partial charge in [0.2, 0.25) is 0 Å². The Balaban J connectivity index is 1.75. The number of primary amides is 1. The zero-order valence-corrected chi connectivity index (χ0v) is 11.0. The van der Waals surface area contributed by atoms with E-state index in [9.17, 15) is 4.79 Å². The fourth-order valence-corrected chi connectivity index (χ4v) is 1.67. The predicted octanol–water partition coefficient (Wildman–Crippen LogP) is 1.78. The Bertz CT molecular complexity index is 558. The van der Waals surface area contributed by atoms with Crippen LogP contribution in [0.15, 0.2) is 48.8 Å². The molecule has 0 atom stereocenters. The highest BCUT2D eigenvalue weighted by atomic mass is 16.5. The average Bonchev–Trinajstić information content (AvgIpc) is 2.48. The Labute approximate surface area is 117 Å². The zero-order chi connectivity index (χ0) is 14.2. The van der Waals surface area contributed by atoms with Gasteiger partial charge < -0.3 is 15.2 Å². The lowest BCUT2D eigenvalue weighted by Crippen LogP contribution is -2.15. The van der Waals surface area contributed by atoms with Gasteiger partial charge >= 0.3 is 0 Å². The second kappa shape index (κ2) is 7.25. The summed E-state index contributed by atoms with van der Waals surface area (Å²) in [6.07, 6.45) is 2.94. The minimum atomic E-state index is -0.557. The molecule has 0 bridgehead atoms. The molecule has 1 aromatic carbocycles. The molecule has 0 unspecified atom stereocenters. The molecular formula is C15H16N2O3. The van der Waals surface area contributed by atoms with Crippen LogP contribution in [0.25, 0.3) is 0 Å². The van der Waals surface area contributed by atoms with Gasteiger partial charge in [-0.1, -0.05) is 30.3 Å². The van der Waals surface area contributed by atoms with Crippen molar-refractivity contribution in [2.75, 3.05) is 13.2 Å². The third kappa shape index (κ3) is 4.07. The van der Waals surface area contributed by atoms with Crippen molar-refractivity contribution in [3.8, 4) is 5.75 Å². The first-order valence-electron chi connectivity index (χ1n) is 6.25. The van der Waals surface area contributed by atoms with E-state index in [1.807, 2.05) is 30.3 Å². The second-order valence-electron chi connectivity index (χ2n) is 4.12. The molecule has 20 heavy (non-hydrogen) atoms. The van der Waals surface area contributed by atoms with Gasteiger partial charge in [0.15, 0.2) is 0 Å². The molecule has 1 heterocycles. The molecular weight excluding hydrogens is 256 g/mol. The maximum Gasteiger partial charge on any atom is 0.254 e. The molecule has 2 aromatic rings. The number of amides is 1. The van der Waals surface area contributed by atoms with E-state index >= 15 is 0 Å². The lowest BCUT2D eigenvalue weighted by molar-refractivity contribution is 0.0873. The Morgan fingerprint density at radius 3 is 2.70 bits per heavy atom. The SMILES string of the molecule is NC(=O)c1cnccc1OCCOCc1ccccc1. The van der Waals surface area contributed by atoms with Crippen molar-refractivity contribution in [3.05, 3.63) is 59.9 Å². The van der Waals surface area contributed by atoms with Gasteiger partial charge in [0.25, 0.3) is 5.91 Å². The number of hydrogen-bond donors (Lipinski definition) is 1. The molecule has 1 aromatic heterocycles. The van der Waals surface area contributed by atoms with Crippen LogP contribution in [0.3, 0.4) is 0 Å². The van der Waals surface area contributed by atoms with Crippen LogP contribution in [0.1, 0.15) is 15.9 Å². The van der Waals surface area contributed by atoms with Gasteiger partial charge in [-0.2, -0.15) is 0 Å². The van der Waals surface area contributed by atoms with Crippen LogP contribution in [0.2, 0.25) is 0 Å². The topological polar surface area (TPSA) is 74.4 Å². The van der Waals surface area contributed by atoms with E-state index in [0.717, 1.165) is 5.56 Å². The van der Waals surface area contributed by atoms with Crippen molar-refractivity contribution in [1.29, 1.82) is 0 Å². The van der Waals surface area contributed by atoms with E-state index < -0.39 is 5.91 Å². The van der Waals surface area contributed by atoms with E-state index in [1.54, 1.807) is 12.3 Å². The molecule has 0 aliphatic rings. The first-order valence-corrected chi connectivity index (χ1v) is 6.25. The number of pyridine rings is 1. The van der Waals surface area contributed by atoms with E-state index in [1.165, 1.54) is 6.20 Å². The molecule has 0 spiro atoms. The quantitative estimate of drug-likeness (QED) is 0.780. The smallest absolute Gasteiger partial charge is 0.254 e. The molecule has 0 saturated heterocycles. The van der Waals surface area contributed by atoms with Crippen LogP contribution in [0, 0.1) is 0 Å². The number of hydrogen-bond acceptors (Lipinski definition) is 4. The van der Waals surface area contributed by atoms with Crippen molar-refractivity contribution in [3.63, 3.8) is 0 Å². The number of carbonyl (C=O) groups is 1. The number of benzene rings is 1. The van der Waals surface area contributed by atoms with Crippen molar-refractivity contribution in [1.82, 2.24) is 4.98 Å². The Morgan fingerprint density at radius 1 is 1.15 bits per heavy atom. The van der Waals surface area contributed by atoms with Gasteiger partial charge in [0.05, 0.1) is 18.8 Å². The lowest BCUT2D eigenvalue weighted by atomic mass is 10.2. The molecule has 2 N–H and O–H groups in total. The highest BCUT2D eigenvalue weighted by Gasteiger charge is 2.08. The molecule has 0 radical (unpaired) electrons. The normalized spacial score (nSPS) is 10.2. The summed E-state index contributed by atoms with van der Waals surface area (Å²) in [5.41, 5.74) is 6.61. The van der Waals surface area contributed by atoms with Crippen molar-refractivity contribution < 1.29 is 14.3 Å². The number of carbonyl (C=O) groups excluding carboxylic acids is 1. The number of nitrogens with two attached hydrogens (primary N) is 1. The van der Waals surface area contributed by atoms with Gasteiger partial charge in [-0.3, -0.25) is 9.78 Å². The molecule has 0 aliphatic carbocycles. The third-order valence-electron chi connectivity index (χ3n) is 2.64. The highest BCUT2D eigenvalue weighted by Crippen LogP contribution is 2.15. The summed E-state index contributed by atoms with van der Waals surface area (Å²) < 4.78 is 11.0. The minimum absolute atomic E-state index is 0.274. The van der Waals surface area contributed by atoms with Crippen LogP contribution in [-0.4, -0.2) is 24.1 Å². The lowest BCUT2D eigenvalue weighted by Gasteiger charge is -2.09. The molecule has 0 saturated carbocycles. The van der Waals surface area contributed by atoms with Crippen molar-refractivity contribution >= 4 is 5.91 Å². The minimum Gasteiger partial charge on any atom is -0.490 e. The molecule has 1 amide bonds. The first kappa shape index (κ1) is 14.0. The second-order valence-corrected chi connectivity index (χ2v) is 4.12. The zero-order valence-electron chi connectivity index (χ0n) is 11.0. The Hall–Kier alpha value is -2.40. The molecule has 0 fully saturated rings. The molecule has 0 aliphatic heterocycles. The molecule has 5 heteroatoms. The maximum absolute atomic E-state index is 11.2. The number of aromatic nitrogens is 1. The van der Waals surface area contributed by atoms with Gasteiger partial charge in [-0.15, -0.1) is 0 Å². The summed E-state index contributed by atoms with van der Waals surface area (Å²) in [5, 5.41) is 0. The monoisotopic (exact) mass is 272 g/mol. The highest BCUT2D eigenvalue weighted by molar-refractivity contribution is 5.95. The first-order chi connectivity index (χ1) is 9.77. The van der Waals surface area contributed by atoms with E-state index in [-0.39, 0.29) is 5.56 Å². The third-order valence-corrected chi connectivity index (χ3v) is 2.64. The summed E-state index contributed by atoms with van der Waals surface area (Å²) >= 11 is 0. The van der Waals surface area contributed by atoms with Crippen LogP contribution >= 0.6 is 0 Å². The van der Waals surface area contributed by atoms with E-state index in [0.29, 0.717) is 25.6 Å². The van der Waals surface area contributed by atoms with Crippen LogP contribution in [-0.2, 0) is 11.3 Å². The predicted molar refractivity (Wildman–Crippen MR) is 74.3 cm³/mol. The average molecular weight is 272 g/mol. The van der Waals surface area contributed by atoms with Crippen LogP contribution in [0.5, 0.6) is 5.75 Å². The van der Waals surface area contributed by atoms with Gasteiger partial charge in [-0.05, 0) is 11.6 Å². The van der Waals surface area contributed by atoms with Crippen molar-refractivity contribution in [2.45, 2.75) is 6.61 Å². The van der Waals surface area contributed by atoms with E-state index in [2.05, 4.69) is 4.98 Å². The summed E-state index contributed by atoms with van der Waals surface area (Å²) in [5.74, 6) is -0.130. The van der Waals surface area contributed by atoms with E-state index in [4.69, 9.17) is 15.2 Å². The Morgan fingerprint density at radius 2 is 1.95 bits per heavy atom. The summed E-state index contributed by atoms with van der Waals surface area (Å²) in [6, 6.07) is 11.5. The summed E-state index contributed by atoms with van der Waals surface area (Å²) in [4.78, 5) is 15.0. The number of nitrogens with zero attached hydrogens (tertiary/aromatic N) is 1. The van der Waals surface area contributed by atoms with Gasteiger partial charge in [0.1, 0.15) is 12.4 Å². The molecule has 5 nitrogen and oxygen atoms in total. The van der Waals surface area contributed by atoms with Gasteiger partial charge in [0, 0.05) is 12.4 Å².